The van der Waals surface area contributed by atoms with Crippen LogP contribution in [-0.2, 0) is 4.74 Å². The molecule has 0 aliphatic heterocycles. The molecule has 3 aromatic rings. The van der Waals surface area contributed by atoms with Crippen molar-refractivity contribution < 1.29 is 31.8 Å². The minimum atomic E-state index is -5.05. The number of hydrogen-bond donors (Lipinski definition) is 2. The number of methoxy groups -OCH3 is 1. The summed E-state index contributed by atoms with van der Waals surface area (Å²) in [4.78, 5) is 35.1. The molecule has 3 rings (SSSR count). The first-order valence-corrected chi connectivity index (χ1v) is 9.40. The Morgan fingerprint density at radius 2 is 2.10 bits per heavy atom. The second kappa shape index (κ2) is 9.22. The van der Waals surface area contributed by atoms with E-state index in [0.717, 1.165) is 24.3 Å². The van der Waals surface area contributed by atoms with Gasteiger partial charge in [0, 0.05) is 24.8 Å². The Balaban J connectivity index is 1.84. The molecule has 13 heteroatoms. The summed E-state index contributed by atoms with van der Waals surface area (Å²) in [6.45, 7) is -0.132. The monoisotopic (exact) mass is 458 g/mol. The second-order valence-corrected chi connectivity index (χ2v) is 6.93. The first-order valence-electron chi connectivity index (χ1n) is 8.52. The van der Waals surface area contributed by atoms with Gasteiger partial charge < -0.3 is 19.8 Å². The van der Waals surface area contributed by atoms with E-state index in [2.05, 4.69) is 25.0 Å². The van der Waals surface area contributed by atoms with Crippen molar-refractivity contribution in [2.24, 2.45) is 0 Å². The molecule has 2 N–H and O–H groups in total. The van der Waals surface area contributed by atoms with Crippen LogP contribution in [0.5, 0.6) is 5.75 Å². The molecule has 164 valence electrons. The minimum absolute atomic E-state index is 0.0932. The molecule has 0 aliphatic carbocycles. The van der Waals surface area contributed by atoms with Gasteiger partial charge >= 0.3 is 6.36 Å². The number of rotatable bonds is 7. The first kappa shape index (κ1) is 22.4. The third-order valence-corrected chi connectivity index (χ3v) is 4.61. The van der Waals surface area contributed by atoms with Gasteiger partial charge in [-0.05, 0) is 17.7 Å². The summed E-state index contributed by atoms with van der Waals surface area (Å²) in [5.41, 5.74) is -0.701. The Bertz CT molecular complexity index is 1120. The van der Waals surface area contributed by atoms with Gasteiger partial charge in [0.1, 0.15) is 5.69 Å². The summed E-state index contributed by atoms with van der Waals surface area (Å²) in [6, 6.07) is 2.75. The summed E-state index contributed by atoms with van der Waals surface area (Å²) in [5, 5.41) is 4.57. The Hall–Kier alpha value is -3.32. The largest absolute Gasteiger partial charge is 0.573 e. The maximum atomic E-state index is 14.1. The predicted octanol–water partition coefficient (Wildman–Crippen LogP) is 3.05. The summed E-state index contributed by atoms with van der Waals surface area (Å²) < 4.78 is 59.6. The maximum Gasteiger partial charge on any atom is 0.573 e. The average molecular weight is 458 g/mol. The molecule has 0 unspecified atom stereocenters. The molecular formula is C18H14F4N4O4S. The van der Waals surface area contributed by atoms with E-state index in [1.807, 2.05) is 0 Å². The zero-order chi connectivity index (χ0) is 22.6. The molecular weight excluding hydrogens is 444 g/mol. The molecule has 0 spiro atoms. The molecule has 1 amide bonds. The van der Waals surface area contributed by atoms with Gasteiger partial charge in [-0.1, -0.05) is 6.07 Å². The quantitative estimate of drug-likeness (QED) is 0.528. The number of H-pyrrole nitrogens is 1. The van der Waals surface area contributed by atoms with Crippen LogP contribution in [0.2, 0.25) is 0 Å². The van der Waals surface area contributed by atoms with Crippen LogP contribution in [0.4, 0.5) is 17.6 Å². The number of aromatic nitrogens is 3. The third-order valence-electron chi connectivity index (χ3n) is 3.83. The Morgan fingerprint density at radius 1 is 1.32 bits per heavy atom. The number of hydrogen-bond acceptors (Lipinski definition) is 7. The molecule has 1 aromatic carbocycles. The Kier molecular flexibility index (Phi) is 6.65. The average Bonchev–Trinajstić information content (AvgIpc) is 3.22. The summed E-state index contributed by atoms with van der Waals surface area (Å²) in [6.07, 6.45) is -3.55. The summed E-state index contributed by atoms with van der Waals surface area (Å²) in [5.74, 6) is -2.97. The Labute approximate surface area is 175 Å². The fourth-order valence-electron chi connectivity index (χ4n) is 2.58. The van der Waals surface area contributed by atoms with Gasteiger partial charge in [-0.2, -0.15) is 0 Å². The van der Waals surface area contributed by atoms with E-state index in [4.69, 9.17) is 4.74 Å². The predicted molar refractivity (Wildman–Crippen MR) is 101 cm³/mol. The van der Waals surface area contributed by atoms with Crippen LogP contribution in [0.15, 0.2) is 40.6 Å². The first-order chi connectivity index (χ1) is 14.7. The molecule has 0 saturated heterocycles. The number of alkyl halides is 3. The maximum absolute atomic E-state index is 14.1. The normalized spacial score (nSPS) is 12.4. The molecule has 0 bridgehead atoms. The van der Waals surface area contributed by atoms with Gasteiger partial charge in [0.2, 0.25) is 0 Å². The van der Waals surface area contributed by atoms with Crippen molar-refractivity contribution in [3.63, 3.8) is 0 Å². The smallest absolute Gasteiger partial charge is 0.403 e. The number of thiazole rings is 1. The van der Waals surface area contributed by atoms with E-state index in [0.29, 0.717) is 5.01 Å². The van der Waals surface area contributed by atoms with Gasteiger partial charge in [0.05, 0.1) is 12.6 Å². The van der Waals surface area contributed by atoms with Crippen molar-refractivity contribution in [1.29, 1.82) is 0 Å². The molecule has 0 saturated carbocycles. The highest BCUT2D eigenvalue weighted by molar-refractivity contribution is 7.13. The number of nitrogens with zero attached hydrogens (tertiary/aromatic N) is 2. The van der Waals surface area contributed by atoms with E-state index >= 15 is 0 Å². The SMILES string of the molecule is COC[C@@H](NC(=O)c1cc(=O)[nH]c(-c2nccs2)n1)c1ccc(OC(F)(F)F)c(F)c1. The van der Waals surface area contributed by atoms with Crippen molar-refractivity contribution >= 4 is 17.2 Å². The van der Waals surface area contributed by atoms with Crippen molar-refractivity contribution in [3.8, 4) is 16.6 Å². The highest BCUT2D eigenvalue weighted by Gasteiger charge is 2.32. The number of nitrogens with one attached hydrogen (secondary N) is 2. The van der Waals surface area contributed by atoms with Crippen molar-refractivity contribution in [2.45, 2.75) is 12.4 Å². The van der Waals surface area contributed by atoms with Gasteiger partial charge in [0.25, 0.3) is 11.5 Å². The summed E-state index contributed by atoms with van der Waals surface area (Å²) in [7, 11) is 1.32. The lowest BCUT2D eigenvalue weighted by molar-refractivity contribution is -0.275. The second-order valence-electron chi connectivity index (χ2n) is 6.04. The van der Waals surface area contributed by atoms with Gasteiger partial charge in [-0.15, -0.1) is 24.5 Å². The van der Waals surface area contributed by atoms with Crippen molar-refractivity contribution in [2.75, 3.05) is 13.7 Å². The molecule has 2 heterocycles. The van der Waals surface area contributed by atoms with Crippen molar-refractivity contribution in [1.82, 2.24) is 20.3 Å². The fourth-order valence-corrected chi connectivity index (χ4v) is 3.16. The van der Waals surface area contributed by atoms with Crippen LogP contribution in [-0.4, -0.2) is 40.9 Å². The van der Waals surface area contributed by atoms with Gasteiger partial charge in [-0.25, -0.2) is 14.4 Å². The molecule has 2 aromatic heterocycles. The van der Waals surface area contributed by atoms with E-state index in [9.17, 15) is 27.2 Å². The lowest BCUT2D eigenvalue weighted by Gasteiger charge is -2.19. The molecule has 0 aliphatic rings. The zero-order valence-electron chi connectivity index (χ0n) is 15.7. The van der Waals surface area contributed by atoms with Crippen molar-refractivity contribution in [3.05, 3.63) is 63.3 Å². The minimum Gasteiger partial charge on any atom is -0.403 e. The van der Waals surface area contributed by atoms with Crippen LogP contribution >= 0.6 is 11.3 Å². The molecule has 1 atom stereocenters. The molecule has 0 fully saturated rings. The van der Waals surface area contributed by atoms with Crippen LogP contribution in [0.1, 0.15) is 22.1 Å². The molecule has 31 heavy (non-hydrogen) atoms. The standard InChI is InChI=1S/C18H14F4N4O4S/c1-29-8-12(9-2-3-13(10(19)6-9)30-18(20,21)22)25-16(28)11-7-14(27)26-15(24-11)17-23-4-5-31-17/h2-7,12H,8H2,1H3,(H,25,28)(H,24,26,27)/t12-/m1/s1. The number of benzene rings is 1. The van der Waals surface area contributed by atoms with Crippen LogP contribution in [0, 0.1) is 5.82 Å². The number of aromatic amines is 1. The number of amides is 1. The molecule has 8 nitrogen and oxygen atoms in total. The number of halogens is 4. The van der Waals surface area contributed by atoms with Crippen LogP contribution in [0.3, 0.4) is 0 Å². The number of carbonyl (C=O) groups excluding carboxylic acids is 1. The Morgan fingerprint density at radius 3 is 2.71 bits per heavy atom. The van der Waals surface area contributed by atoms with E-state index < -0.39 is 35.4 Å². The lowest BCUT2D eigenvalue weighted by atomic mass is 10.1. The van der Waals surface area contributed by atoms with Crippen LogP contribution < -0.4 is 15.6 Å². The highest BCUT2D eigenvalue weighted by Crippen LogP contribution is 2.28. The number of ether oxygens (including phenoxy) is 2. The fraction of sp³-hybridized carbons (Fsp3) is 0.222. The van der Waals surface area contributed by atoms with Gasteiger partial charge in [-0.3, -0.25) is 9.59 Å². The zero-order valence-corrected chi connectivity index (χ0v) is 16.5. The van der Waals surface area contributed by atoms with E-state index in [1.165, 1.54) is 24.6 Å². The van der Waals surface area contributed by atoms with E-state index in [1.54, 1.807) is 5.38 Å². The summed E-state index contributed by atoms with van der Waals surface area (Å²) >= 11 is 1.20. The van der Waals surface area contributed by atoms with Crippen LogP contribution in [0.25, 0.3) is 10.8 Å². The van der Waals surface area contributed by atoms with Gasteiger partial charge in [0.15, 0.2) is 22.4 Å². The third kappa shape index (κ3) is 5.86. The topological polar surface area (TPSA) is 106 Å². The van der Waals surface area contributed by atoms with E-state index in [-0.39, 0.29) is 23.7 Å². The number of carbonyl (C=O) groups is 1. The molecule has 0 radical (unpaired) electrons. The lowest BCUT2D eigenvalue weighted by Crippen LogP contribution is -2.33. The highest BCUT2D eigenvalue weighted by atomic mass is 32.1.